The van der Waals surface area contributed by atoms with Crippen LogP contribution in [-0.4, -0.2) is 50.0 Å². The standard InChI is InChI=1S/C17H28N2O2/c1-19(2)14-15(16-9-3-5-11-18-16)8-7-13-21-17-10-4-6-12-20-17/h3,5,9,11,15,17H,4,6-8,10,12-14H2,1-2H3. The van der Waals surface area contributed by atoms with E-state index in [2.05, 4.69) is 36.1 Å². The molecule has 0 radical (unpaired) electrons. The third kappa shape index (κ3) is 6.12. The summed E-state index contributed by atoms with van der Waals surface area (Å²) in [4.78, 5) is 6.74. The molecule has 0 aromatic carbocycles. The molecule has 2 atom stereocenters. The molecule has 0 amide bonds. The van der Waals surface area contributed by atoms with E-state index < -0.39 is 0 Å². The second-order valence-corrected chi connectivity index (χ2v) is 6.02. The number of aromatic nitrogens is 1. The molecule has 0 saturated carbocycles. The Morgan fingerprint density at radius 1 is 1.38 bits per heavy atom. The van der Waals surface area contributed by atoms with Crippen molar-refractivity contribution in [2.75, 3.05) is 33.9 Å². The van der Waals surface area contributed by atoms with E-state index in [9.17, 15) is 0 Å². The zero-order valence-electron chi connectivity index (χ0n) is 13.3. The average molecular weight is 292 g/mol. The molecule has 0 N–H and O–H groups in total. The van der Waals surface area contributed by atoms with Gasteiger partial charge in [0.1, 0.15) is 0 Å². The summed E-state index contributed by atoms with van der Waals surface area (Å²) < 4.78 is 11.4. The average Bonchev–Trinajstić information content (AvgIpc) is 2.52. The van der Waals surface area contributed by atoms with Crippen LogP contribution in [0.3, 0.4) is 0 Å². The Bertz CT molecular complexity index is 378. The van der Waals surface area contributed by atoms with E-state index in [1.165, 1.54) is 18.5 Å². The first-order chi connectivity index (χ1) is 10.3. The van der Waals surface area contributed by atoms with Gasteiger partial charge in [-0.15, -0.1) is 0 Å². The number of nitrogens with zero attached hydrogens (tertiary/aromatic N) is 2. The summed E-state index contributed by atoms with van der Waals surface area (Å²) in [5.41, 5.74) is 1.18. The van der Waals surface area contributed by atoms with Gasteiger partial charge in [-0.25, -0.2) is 0 Å². The number of likely N-dealkylation sites (N-methyl/N-ethyl adjacent to an activating group) is 1. The summed E-state index contributed by atoms with van der Waals surface area (Å²) in [5, 5.41) is 0. The highest BCUT2D eigenvalue weighted by molar-refractivity contribution is 5.09. The van der Waals surface area contributed by atoms with E-state index >= 15 is 0 Å². The fraction of sp³-hybridized carbons (Fsp3) is 0.706. The van der Waals surface area contributed by atoms with Gasteiger partial charge in [0, 0.05) is 37.6 Å². The Morgan fingerprint density at radius 2 is 2.29 bits per heavy atom. The van der Waals surface area contributed by atoms with Gasteiger partial charge in [0.05, 0.1) is 0 Å². The van der Waals surface area contributed by atoms with Crippen molar-refractivity contribution in [3.05, 3.63) is 30.1 Å². The zero-order chi connectivity index (χ0) is 14.9. The molecule has 4 heteroatoms. The van der Waals surface area contributed by atoms with E-state index in [0.29, 0.717) is 5.92 Å². The van der Waals surface area contributed by atoms with Crippen molar-refractivity contribution < 1.29 is 9.47 Å². The molecule has 21 heavy (non-hydrogen) atoms. The van der Waals surface area contributed by atoms with Gasteiger partial charge in [-0.05, 0) is 58.3 Å². The molecule has 1 aliphatic heterocycles. The largest absolute Gasteiger partial charge is 0.353 e. The summed E-state index contributed by atoms with van der Waals surface area (Å²) in [6.07, 6.45) is 7.50. The minimum Gasteiger partial charge on any atom is -0.353 e. The maximum Gasteiger partial charge on any atom is 0.157 e. The van der Waals surface area contributed by atoms with Crippen molar-refractivity contribution in [1.82, 2.24) is 9.88 Å². The number of ether oxygens (including phenoxy) is 2. The summed E-state index contributed by atoms with van der Waals surface area (Å²) in [5.74, 6) is 0.470. The number of hydrogen-bond donors (Lipinski definition) is 0. The van der Waals surface area contributed by atoms with E-state index in [-0.39, 0.29) is 6.29 Å². The fourth-order valence-electron chi connectivity index (χ4n) is 2.78. The molecule has 4 nitrogen and oxygen atoms in total. The Hall–Kier alpha value is -0.970. The van der Waals surface area contributed by atoms with Crippen molar-refractivity contribution in [1.29, 1.82) is 0 Å². The van der Waals surface area contributed by atoms with Crippen LogP contribution in [0.5, 0.6) is 0 Å². The minimum absolute atomic E-state index is 0.0286. The highest BCUT2D eigenvalue weighted by atomic mass is 16.7. The van der Waals surface area contributed by atoms with E-state index in [4.69, 9.17) is 9.47 Å². The third-order valence-electron chi connectivity index (χ3n) is 3.83. The molecular weight excluding hydrogens is 264 g/mol. The molecule has 1 aromatic rings. The molecule has 118 valence electrons. The summed E-state index contributed by atoms with van der Waals surface area (Å²) in [6.45, 7) is 2.65. The van der Waals surface area contributed by atoms with Crippen LogP contribution in [-0.2, 0) is 9.47 Å². The van der Waals surface area contributed by atoms with Crippen molar-refractivity contribution in [3.8, 4) is 0 Å². The van der Waals surface area contributed by atoms with Crippen LogP contribution in [0.4, 0.5) is 0 Å². The molecule has 1 aromatic heterocycles. The Morgan fingerprint density at radius 3 is 2.95 bits per heavy atom. The van der Waals surface area contributed by atoms with Gasteiger partial charge < -0.3 is 14.4 Å². The minimum atomic E-state index is 0.0286. The lowest BCUT2D eigenvalue weighted by Crippen LogP contribution is -2.24. The van der Waals surface area contributed by atoms with Gasteiger partial charge >= 0.3 is 0 Å². The summed E-state index contributed by atoms with van der Waals surface area (Å²) in [7, 11) is 4.23. The Kier molecular flexibility index (Phi) is 7.13. The third-order valence-corrected chi connectivity index (χ3v) is 3.83. The highest BCUT2D eigenvalue weighted by Crippen LogP contribution is 2.21. The molecule has 1 aliphatic rings. The first-order valence-corrected chi connectivity index (χ1v) is 8.04. The molecule has 2 unspecified atom stereocenters. The van der Waals surface area contributed by atoms with Gasteiger partial charge in [0.2, 0.25) is 0 Å². The SMILES string of the molecule is CN(C)CC(CCCOC1CCCCO1)c1ccccn1. The van der Waals surface area contributed by atoms with Crippen LogP contribution in [0.1, 0.15) is 43.7 Å². The van der Waals surface area contributed by atoms with Gasteiger partial charge in [0.25, 0.3) is 0 Å². The van der Waals surface area contributed by atoms with Crippen molar-refractivity contribution in [2.24, 2.45) is 0 Å². The van der Waals surface area contributed by atoms with E-state index in [1.54, 1.807) is 0 Å². The number of hydrogen-bond acceptors (Lipinski definition) is 4. The topological polar surface area (TPSA) is 34.6 Å². The van der Waals surface area contributed by atoms with Crippen LogP contribution in [0.15, 0.2) is 24.4 Å². The highest BCUT2D eigenvalue weighted by Gasteiger charge is 2.16. The van der Waals surface area contributed by atoms with Crippen LogP contribution < -0.4 is 0 Å². The van der Waals surface area contributed by atoms with Gasteiger partial charge in [-0.3, -0.25) is 4.98 Å². The lowest BCUT2D eigenvalue weighted by atomic mass is 9.98. The predicted molar refractivity (Wildman–Crippen MR) is 84.3 cm³/mol. The molecule has 1 fully saturated rings. The van der Waals surface area contributed by atoms with Crippen LogP contribution in [0.2, 0.25) is 0 Å². The smallest absolute Gasteiger partial charge is 0.157 e. The summed E-state index contributed by atoms with van der Waals surface area (Å²) >= 11 is 0. The molecule has 1 saturated heterocycles. The molecule has 2 heterocycles. The molecule has 0 bridgehead atoms. The van der Waals surface area contributed by atoms with Crippen LogP contribution >= 0.6 is 0 Å². The maximum absolute atomic E-state index is 5.82. The normalized spacial score (nSPS) is 20.6. The second kappa shape index (κ2) is 9.13. The van der Waals surface area contributed by atoms with Gasteiger partial charge in [-0.2, -0.15) is 0 Å². The lowest BCUT2D eigenvalue weighted by molar-refractivity contribution is -0.162. The summed E-state index contributed by atoms with van der Waals surface area (Å²) in [6, 6.07) is 6.16. The predicted octanol–water partition coefficient (Wildman–Crippen LogP) is 3.05. The van der Waals surface area contributed by atoms with Crippen molar-refractivity contribution >= 4 is 0 Å². The number of rotatable bonds is 8. The van der Waals surface area contributed by atoms with Gasteiger partial charge in [0.15, 0.2) is 6.29 Å². The second-order valence-electron chi connectivity index (χ2n) is 6.02. The molecule has 0 spiro atoms. The van der Waals surface area contributed by atoms with E-state index in [0.717, 1.165) is 39.0 Å². The fourth-order valence-corrected chi connectivity index (χ4v) is 2.78. The van der Waals surface area contributed by atoms with E-state index in [1.807, 2.05) is 12.3 Å². The van der Waals surface area contributed by atoms with Crippen molar-refractivity contribution in [3.63, 3.8) is 0 Å². The van der Waals surface area contributed by atoms with Gasteiger partial charge in [-0.1, -0.05) is 6.07 Å². The monoisotopic (exact) mass is 292 g/mol. The molecular formula is C17H28N2O2. The zero-order valence-corrected chi connectivity index (χ0v) is 13.3. The Labute approximate surface area is 128 Å². The molecule has 2 rings (SSSR count). The Balaban J connectivity index is 1.74. The quantitative estimate of drug-likeness (QED) is 0.690. The maximum atomic E-state index is 5.82. The first kappa shape index (κ1) is 16.4. The number of pyridine rings is 1. The van der Waals surface area contributed by atoms with Crippen molar-refractivity contribution in [2.45, 2.75) is 44.3 Å². The first-order valence-electron chi connectivity index (χ1n) is 8.04. The molecule has 0 aliphatic carbocycles. The van der Waals surface area contributed by atoms with Crippen LogP contribution in [0, 0.1) is 0 Å². The lowest BCUT2D eigenvalue weighted by Gasteiger charge is -2.24. The van der Waals surface area contributed by atoms with Crippen LogP contribution in [0.25, 0.3) is 0 Å².